The van der Waals surface area contributed by atoms with Gasteiger partial charge in [0.25, 0.3) is 0 Å². The molecule has 2 aromatic rings. The van der Waals surface area contributed by atoms with Crippen LogP contribution in [0.1, 0.15) is 0 Å². The van der Waals surface area contributed by atoms with Crippen LogP contribution in [0, 0.1) is 5.92 Å². The number of hydrogen-bond acceptors (Lipinski definition) is 7. The first-order chi connectivity index (χ1) is 12.4. The number of piperazine rings is 1. The van der Waals surface area contributed by atoms with Gasteiger partial charge in [0.1, 0.15) is 5.82 Å². The topological polar surface area (TPSA) is 74.1 Å². The number of hydrogen-bond donors (Lipinski definition) is 2. The van der Waals surface area contributed by atoms with Crippen molar-refractivity contribution in [1.29, 1.82) is 0 Å². The van der Waals surface area contributed by atoms with E-state index in [9.17, 15) is 0 Å². The molecular formula is C17H26N8. The van der Waals surface area contributed by atoms with E-state index in [1.807, 2.05) is 30.7 Å². The van der Waals surface area contributed by atoms with Gasteiger partial charge in [-0.2, -0.15) is 5.10 Å². The van der Waals surface area contributed by atoms with Crippen LogP contribution in [-0.2, 0) is 6.54 Å². The summed E-state index contributed by atoms with van der Waals surface area (Å²) in [6.07, 6.45) is 5.48. The van der Waals surface area contributed by atoms with E-state index in [1.165, 1.54) is 0 Å². The molecular weight excluding hydrogens is 316 g/mol. The van der Waals surface area contributed by atoms with Crippen LogP contribution < -0.4 is 15.5 Å². The van der Waals surface area contributed by atoms with Gasteiger partial charge in [-0.25, -0.2) is 14.6 Å². The summed E-state index contributed by atoms with van der Waals surface area (Å²) in [4.78, 5) is 13.4. The normalized spacial score (nSPS) is 21.0. The highest BCUT2D eigenvalue weighted by Gasteiger charge is 2.19. The first-order valence-electron chi connectivity index (χ1n) is 9.09. The number of rotatable bonds is 6. The minimum atomic E-state index is 0.597. The maximum Gasteiger partial charge on any atom is 0.225 e. The molecule has 4 heterocycles. The van der Waals surface area contributed by atoms with Crippen LogP contribution >= 0.6 is 0 Å². The Bertz CT molecular complexity index is 650. The van der Waals surface area contributed by atoms with Crippen molar-refractivity contribution in [3.63, 3.8) is 0 Å². The average Bonchev–Trinajstić information content (AvgIpc) is 3.14. The second kappa shape index (κ2) is 7.79. The molecule has 0 bridgehead atoms. The van der Waals surface area contributed by atoms with Gasteiger partial charge in [0.05, 0.1) is 6.20 Å². The van der Waals surface area contributed by atoms with E-state index in [1.54, 1.807) is 0 Å². The Hall–Kier alpha value is -2.19. The van der Waals surface area contributed by atoms with Gasteiger partial charge in [0, 0.05) is 83.3 Å². The first kappa shape index (κ1) is 16.3. The lowest BCUT2D eigenvalue weighted by Gasteiger charge is -2.34. The summed E-state index contributed by atoms with van der Waals surface area (Å²) >= 11 is 0. The zero-order chi connectivity index (χ0) is 16.9. The maximum absolute atomic E-state index is 4.34. The molecule has 1 unspecified atom stereocenters. The lowest BCUT2D eigenvalue weighted by Crippen LogP contribution is -2.49. The maximum atomic E-state index is 4.34. The molecule has 0 radical (unpaired) electrons. The molecule has 0 aromatic carbocycles. The van der Waals surface area contributed by atoms with E-state index in [2.05, 4.69) is 40.2 Å². The SMILES string of the molecule is c1cnc(N2CCN(CCNCC3CNc4ccnn4C3)CC2)nc1. The number of aromatic nitrogens is 4. The highest BCUT2D eigenvalue weighted by atomic mass is 15.3. The predicted molar refractivity (Wildman–Crippen MR) is 97.8 cm³/mol. The van der Waals surface area contributed by atoms with Crippen molar-refractivity contribution in [2.24, 2.45) is 5.92 Å². The summed E-state index contributed by atoms with van der Waals surface area (Å²) in [5, 5.41) is 11.4. The van der Waals surface area contributed by atoms with Gasteiger partial charge < -0.3 is 15.5 Å². The van der Waals surface area contributed by atoms with Crippen LogP contribution in [-0.4, -0.2) is 77.0 Å². The van der Waals surface area contributed by atoms with Crippen LogP contribution in [0.2, 0.25) is 0 Å². The monoisotopic (exact) mass is 342 g/mol. The Kier molecular flexibility index (Phi) is 5.08. The summed E-state index contributed by atoms with van der Waals surface area (Å²) in [5.41, 5.74) is 0. The summed E-state index contributed by atoms with van der Waals surface area (Å²) < 4.78 is 2.06. The van der Waals surface area contributed by atoms with E-state index in [4.69, 9.17) is 0 Å². The molecule has 0 aliphatic carbocycles. The molecule has 1 atom stereocenters. The van der Waals surface area contributed by atoms with E-state index < -0.39 is 0 Å². The molecule has 2 N–H and O–H groups in total. The van der Waals surface area contributed by atoms with Gasteiger partial charge in [-0.1, -0.05) is 0 Å². The van der Waals surface area contributed by atoms with Crippen molar-refractivity contribution in [1.82, 2.24) is 30.0 Å². The average molecular weight is 342 g/mol. The zero-order valence-electron chi connectivity index (χ0n) is 14.5. The lowest BCUT2D eigenvalue weighted by atomic mass is 10.1. The van der Waals surface area contributed by atoms with Crippen molar-refractivity contribution < 1.29 is 0 Å². The van der Waals surface area contributed by atoms with Crippen LogP contribution in [0.5, 0.6) is 0 Å². The Morgan fingerprint density at radius 1 is 1.12 bits per heavy atom. The first-order valence-corrected chi connectivity index (χ1v) is 9.09. The number of fused-ring (bicyclic) bond motifs is 1. The standard InChI is InChI=1S/C17H26N8/c1-3-19-17(20-4-1)24-10-8-23(9-11-24)7-6-18-12-15-13-21-16-2-5-22-25(16)14-15/h1-5,15,18,21H,6-14H2. The van der Waals surface area contributed by atoms with Crippen LogP contribution in [0.15, 0.2) is 30.7 Å². The highest BCUT2D eigenvalue weighted by molar-refractivity contribution is 5.35. The van der Waals surface area contributed by atoms with Gasteiger partial charge >= 0.3 is 0 Å². The fourth-order valence-electron chi connectivity index (χ4n) is 3.49. The third-order valence-electron chi connectivity index (χ3n) is 4.96. The van der Waals surface area contributed by atoms with Gasteiger partial charge in [-0.15, -0.1) is 0 Å². The molecule has 2 aromatic heterocycles. The molecule has 1 fully saturated rings. The minimum absolute atomic E-state index is 0.597. The van der Waals surface area contributed by atoms with Crippen LogP contribution in [0.25, 0.3) is 0 Å². The molecule has 0 saturated carbocycles. The van der Waals surface area contributed by atoms with Crippen molar-refractivity contribution in [2.75, 3.05) is 62.6 Å². The second-order valence-corrected chi connectivity index (χ2v) is 6.73. The van der Waals surface area contributed by atoms with E-state index >= 15 is 0 Å². The van der Waals surface area contributed by atoms with Gasteiger partial charge in [-0.3, -0.25) is 4.90 Å². The summed E-state index contributed by atoms with van der Waals surface area (Å²) in [6, 6.07) is 3.89. The van der Waals surface area contributed by atoms with Crippen molar-refractivity contribution in [2.45, 2.75) is 6.54 Å². The van der Waals surface area contributed by atoms with Crippen LogP contribution in [0.3, 0.4) is 0 Å². The molecule has 1 saturated heterocycles. The van der Waals surface area contributed by atoms with Crippen LogP contribution in [0.4, 0.5) is 11.8 Å². The fraction of sp³-hybridized carbons (Fsp3) is 0.588. The predicted octanol–water partition coefficient (Wildman–Crippen LogP) is 0.127. The molecule has 8 nitrogen and oxygen atoms in total. The lowest BCUT2D eigenvalue weighted by molar-refractivity contribution is 0.253. The van der Waals surface area contributed by atoms with E-state index in [-0.39, 0.29) is 0 Å². The van der Waals surface area contributed by atoms with Crippen molar-refractivity contribution in [3.05, 3.63) is 30.7 Å². The molecule has 25 heavy (non-hydrogen) atoms. The molecule has 2 aliphatic rings. The van der Waals surface area contributed by atoms with Crippen molar-refractivity contribution in [3.8, 4) is 0 Å². The van der Waals surface area contributed by atoms with Crippen molar-refractivity contribution >= 4 is 11.8 Å². The van der Waals surface area contributed by atoms with Gasteiger partial charge in [0.15, 0.2) is 0 Å². The quantitative estimate of drug-likeness (QED) is 0.723. The molecule has 134 valence electrons. The zero-order valence-corrected chi connectivity index (χ0v) is 14.5. The molecule has 4 rings (SSSR count). The molecule has 0 spiro atoms. The largest absolute Gasteiger partial charge is 0.370 e. The Labute approximate surface area is 148 Å². The summed E-state index contributed by atoms with van der Waals surface area (Å²) in [5.74, 6) is 2.58. The fourth-order valence-corrected chi connectivity index (χ4v) is 3.49. The van der Waals surface area contributed by atoms with E-state index in [0.717, 1.165) is 70.7 Å². The summed E-state index contributed by atoms with van der Waals surface area (Å²) in [6.45, 7) is 9.32. The molecule has 2 aliphatic heterocycles. The Balaban J connectivity index is 1.13. The third-order valence-corrected chi connectivity index (χ3v) is 4.96. The molecule has 8 heteroatoms. The smallest absolute Gasteiger partial charge is 0.225 e. The highest BCUT2D eigenvalue weighted by Crippen LogP contribution is 2.15. The number of nitrogens with one attached hydrogen (secondary N) is 2. The number of nitrogens with zero attached hydrogens (tertiary/aromatic N) is 6. The number of anilines is 2. The van der Waals surface area contributed by atoms with Gasteiger partial charge in [-0.05, 0) is 6.07 Å². The Morgan fingerprint density at radius 2 is 1.96 bits per heavy atom. The second-order valence-electron chi connectivity index (χ2n) is 6.73. The summed E-state index contributed by atoms with van der Waals surface area (Å²) in [7, 11) is 0. The minimum Gasteiger partial charge on any atom is -0.370 e. The molecule has 0 amide bonds. The Morgan fingerprint density at radius 3 is 2.80 bits per heavy atom. The van der Waals surface area contributed by atoms with Gasteiger partial charge in [0.2, 0.25) is 5.95 Å². The van der Waals surface area contributed by atoms with E-state index in [0.29, 0.717) is 5.92 Å². The third kappa shape index (κ3) is 4.08.